The van der Waals surface area contributed by atoms with Crippen molar-refractivity contribution in [2.75, 3.05) is 19.4 Å². The normalized spacial score (nSPS) is 32.1. The van der Waals surface area contributed by atoms with Gasteiger partial charge in [0.05, 0.1) is 12.6 Å². The van der Waals surface area contributed by atoms with Gasteiger partial charge in [0.15, 0.2) is 0 Å². The summed E-state index contributed by atoms with van der Waals surface area (Å²) >= 11 is 1.36. The molecule has 0 aliphatic carbocycles. The fourth-order valence-corrected chi connectivity index (χ4v) is 2.26. The van der Waals surface area contributed by atoms with E-state index in [1.807, 2.05) is 11.2 Å². The number of fused-ring (bicyclic) bond motifs is 2. The zero-order chi connectivity index (χ0) is 9.26. The van der Waals surface area contributed by atoms with Gasteiger partial charge in [0, 0.05) is 18.8 Å². The van der Waals surface area contributed by atoms with Gasteiger partial charge in [-0.05, 0) is 24.9 Å². The van der Waals surface area contributed by atoms with Crippen molar-refractivity contribution in [2.24, 2.45) is 0 Å². The summed E-state index contributed by atoms with van der Waals surface area (Å²) in [5, 5.41) is 2.95. The first-order valence-electron chi connectivity index (χ1n) is 4.54. The topological polar surface area (TPSA) is 41.6 Å². The lowest BCUT2D eigenvalue weighted by molar-refractivity contribution is 0.150. The van der Waals surface area contributed by atoms with Crippen molar-refractivity contribution in [1.82, 2.24) is 10.2 Å². The number of hydrogen-bond acceptors (Lipinski definition) is 3. The van der Waals surface area contributed by atoms with Gasteiger partial charge in [-0.3, -0.25) is 0 Å². The van der Waals surface area contributed by atoms with E-state index in [0.717, 1.165) is 19.4 Å². The fraction of sp³-hybridized carbons (Fsp3) is 0.875. The highest BCUT2D eigenvalue weighted by atomic mass is 32.2. The Bertz CT molecular complexity index is 212. The van der Waals surface area contributed by atoms with Gasteiger partial charge in [-0.2, -0.15) is 0 Å². The van der Waals surface area contributed by atoms with Crippen LogP contribution in [-0.4, -0.2) is 42.4 Å². The molecule has 0 spiro atoms. The van der Waals surface area contributed by atoms with E-state index in [9.17, 15) is 4.79 Å². The van der Waals surface area contributed by atoms with Crippen LogP contribution in [0.15, 0.2) is 0 Å². The first-order valence-corrected chi connectivity index (χ1v) is 5.69. The molecule has 2 atom stereocenters. The number of nitrogens with zero attached hydrogens (tertiary/aromatic N) is 1. The second kappa shape index (κ2) is 3.75. The third-order valence-corrected chi connectivity index (χ3v) is 3.04. The Hall–Kier alpha value is -0.420. The number of nitrogens with one attached hydrogen (secondary N) is 1. The summed E-state index contributed by atoms with van der Waals surface area (Å²) < 4.78 is 5.27. The van der Waals surface area contributed by atoms with E-state index in [2.05, 4.69) is 5.32 Å². The summed E-state index contributed by atoms with van der Waals surface area (Å²) in [6, 6.07) is 0.751. The molecule has 5 heteroatoms. The third-order valence-electron chi connectivity index (χ3n) is 2.67. The average molecular weight is 202 g/mol. The van der Waals surface area contributed by atoms with Gasteiger partial charge in [0.2, 0.25) is 0 Å². The number of amides is 2. The molecule has 0 aromatic heterocycles. The molecule has 2 saturated heterocycles. The molecule has 4 nitrogen and oxygen atoms in total. The minimum absolute atomic E-state index is 0.0807. The summed E-state index contributed by atoms with van der Waals surface area (Å²) in [5.41, 5.74) is 0. The van der Waals surface area contributed by atoms with Gasteiger partial charge in [0.25, 0.3) is 0 Å². The van der Waals surface area contributed by atoms with E-state index >= 15 is 0 Å². The van der Waals surface area contributed by atoms with E-state index in [4.69, 9.17) is 4.18 Å². The number of carbonyl (C=O) groups excluding carboxylic acids is 1. The largest absolute Gasteiger partial charge is 0.333 e. The van der Waals surface area contributed by atoms with Crippen LogP contribution in [-0.2, 0) is 4.18 Å². The molecule has 0 aromatic rings. The lowest BCUT2D eigenvalue weighted by Crippen LogP contribution is -2.42. The molecule has 2 amide bonds. The summed E-state index contributed by atoms with van der Waals surface area (Å²) in [7, 11) is 0. The van der Waals surface area contributed by atoms with E-state index in [1.54, 1.807) is 0 Å². The average Bonchev–Trinajstić information content (AvgIpc) is 2.43. The van der Waals surface area contributed by atoms with Gasteiger partial charge in [0.1, 0.15) is 0 Å². The summed E-state index contributed by atoms with van der Waals surface area (Å²) in [6.45, 7) is 1.52. The molecular formula is C8H14N2O2S. The molecule has 0 aromatic carbocycles. The zero-order valence-corrected chi connectivity index (χ0v) is 8.47. The van der Waals surface area contributed by atoms with Crippen molar-refractivity contribution in [1.29, 1.82) is 0 Å². The van der Waals surface area contributed by atoms with Gasteiger partial charge in [-0.15, -0.1) is 0 Å². The SMILES string of the molecule is CSOC[C@@H]1CCC2CN1C(=O)N2. The number of rotatable bonds is 3. The summed E-state index contributed by atoms with van der Waals surface area (Å²) in [5.74, 6) is 0. The molecule has 13 heavy (non-hydrogen) atoms. The van der Waals surface area contributed by atoms with Crippen molar-refractivity contribution in [3.8, 4) is 0 Å². The Labute approximate surface area is 82.2 Å². The maximum atomic E-state index is 11.4. The van der Waals surface area contributed by atoms with Crippen LogP contribution in [0.1, 0.15) is 12.8 Å². The maximum absolute atomic E-state index is 11.4. The smallest absolute Gasteiger partial charge is 0.318 e. The van der Waals surface area contributed by atoms with Crippen LogP contribution in [0.5, 0.6) is 0 Å². The van der Waals surface area contributed by atoms with Gasteiger partial charge < -0.3 is 14.4 Å². The molecule has 2 bridgehead atoms. The fourth-order valence-electron chi connectivity index (χ4n) is 1.97. The van der Waals surface area contributed by atoms with Crippen molar-refractivity contribution in [3.05, 3.63) is 0 Å². The van der Waals surface area contributed by atoms with Gasteiger partial charge in [-0.25, -0.2) is 4.79 Å². The lowest BCUT2D eigenvalue weighted by atomic mass is 10.0. The number of urea groups is 1. The minimum atomic E-state index is 0.0807. The van der Waals surface area contributed by atoms with Crippen LogP contribution in [0.3, 0.4) is 0 Å². The standard InChI is InChI=1S/C8H14N2O2S/c1-13-12-5-7-3-2-6-4-10(7)8(11)9-6/h6-7H,2-5H2,1H3,(H,9,11)/t6?,7-/m0/s1. The van der Waals surface area contributed by atoms with E-state index in [-0.39, 0.29) is 12.1 Å². The highest BCUT2D eigenvalue weighted by Gasteiger charge is 2.38. The van der Waals surface area contributed by atoms with E-state index in [0.29, 0.717) is 12.6 Å². The predicted octanol–water partition coefficient (Wildman–Crippen LogP) is 0.837. The van der Waals surface area contributed by atoms with Crippen molar-refractivity contribution in [2.45, 2.75) is 24.9 Å². The van der Waals surface area contributed by atoms with E-state index in [1.165, 1.54) is 12.0 Å². The Morgan fingerprint density at radius 1 is 1.69 bits per heavy atom. The Morgan fingerprint density at radius 3 is 3.31 bits per heavy atom. The van der Waals surface area contributed by atoms with Crippen LogP contribution in [0, 0.1) is 0 Å². The molecule has 2 aliphatic heterocycles. The molecule has 0 saturated carbocycles. The maximum Gasteiger partial charge on any atom is 0.318 e. The minimum Gasteiger partial charge on any atom is -0.333 e. The molecule has 0 radical (unpaired) electrons. The summed E-state index contributed by atoms with van der Waals surface area (Å²) in [6.07, 6.45) is 4.05. The first-order chi connectivity index (χ1) is 6.31. The quantitative estimate of drug-likeness (QED) is 0.689. The second-order valence-electron chi connectivity index (χ2n) is 3.48. The second-order valence-corrected chi connectivity index (χ2v) is 4.05. The molecule has 1 N–H and O–H groups in total. The van der Waals surface area contributed by atoms with Crippen LogP contribution in [0.25, 0.3) is 0 Å². The highest BCUT2D eigenvalue weighted by Crippen LogP contribution is 2.23. The van der Waals surface area contributed by atoms with E-state index < -0.39 is 0 Å². The molecule has 2 fully saturated rings. The number of hydrogen-bond donors (Lipinski definition) is 1. The Morgan fingerprint density at radius 2 is 2.54 bits per heavy atom. The van der Waals surface area contributed by atoms with Gasteiger partial charge in [-0.1, -0.05) is 0 Å². The highest BCUT2D eigenvalue weighted by molar-refractivity contribution is 7.93. The Kier molecular flexibility index (Phi) is 2.64. The number of piperidine rings is 1. The third kappa shape index (κ3) is 1.76. The molecule has 1 unspecified atom stereocenters. The lowest BCUT2D eigenvalue weighted by Gasteiger charge is -2.29. The number of carbonyl (C=O) groups is 1. The molecule has 2 rings (SSSR count). The monoisotopic (exact) mass is 202 g/mol. The molecular weight excluding hydrogens is 188 g/mol. The summed E-state index contributed by atoms with van der Waals surface area (Å²) in [4.78, 5) is 13.3. The van der Waals surface area contributed by atoms with Crippen LogP contribution in [0.2, 0.25) is 0 Å². The zero-order valence-electron chi connectivity index (χ0n) is 7.66. The van der Waals surface area contributed by atoms with Crippen LogP contribution in [0.4, 0.5) is 4.79 Å². The van der Waals surface area contributed by atoms with Crippen LogP contribution < -0.4 is 5.32 Å². The van der Waals surface area contributed by atoms with Crippen molar-refractivity contribution in [3.63, 3.8) is 0 Å². The molecule has 74 valence electrons. The molecule has 2 aliphatic rings. The molecule has 2 heterocycles. The van der Waals surface area contributed by atoms with Crippen LogP contribution >= 0.6 is 12.0 Å². The Balaban J connectivity index is 1.93. The predicted molar refractivity (Wildman–Crippen MR) is 51.5 cm³/mol. The van der Waals surface area contributed by atoms with Crippen molar-refractivity contribution >= 4 is 18.1 Å². The van der Waals surface area contributed by atoms with Crippen molar-refractivity contribution < 1.29 is 8.98 Å². The first kappa shape index (κ1) is 9.15. The van der Waals surface area contributed by atoms with Gasteiger partial charge >= 0.3 is 6.03 Å².